The highest BCUT2D eigenvalue weighted by atomic mass is 16.4. The van der Waals surface area contributed by atoms with Crippen molar-refractivity contribution >= 4 is 22.8 Å². The number of carboxylic acid groups (broad SMARTS) is 1. The zero-order valence-electron chi connectivity index (χ0n) is 7.43. The number of fused-ring (bicyclic) bond motifs is 1. The molecule has 0 aromatic carbocycles. The molecule has 3 N–H and O–H groups in total. The number of aromatic nitrogens is 3. The van der Waals surface area contributed by atoms with Gasteiger partial charge in [-0.1, -0.05) is 0 Å². The molecule has 0 fully saturated rings. The molecule has 0 bridgehead atoms. The fourth-order valence-electron chi connectivity index (χ4n) is 1.28. The molecule has 0 unspecified atom stereocenters. The van der Waals surface area contributed by atoms with Crippen molar-refractivity contribution in [2.45, 2.75) is 0 Å². The molecule has 0 spiro atoms. The van der Waals surface area contributed by atoms with E-state index in [9.17, 15) is 4.79 Å². The van der Waals surface area contributed by atoms with Crippen LogP contribution in [0.1, 0.15) is 10.5 Å². The molecular formula is C8H8N4O2. The van der Waals surface area contributed by atoms with Gasteiger partial charge < -0.3 is 10.8 Å². The number of hydrogen-bond acceptors (Lipinski definition) is 4. The number of nitrogen functional groups attached to an aromatic ring is 1. The van der Waals surface area contributed by atoms with E-state index in [0.717, 1.165) is 0 Å². The first-order valence-electron chi connectivity index (χ1n) is 3.92. The van der Waals surface area contributed by atoms with Gasteiger partial charge in [0.25, 0.3) is 0 Å². The molecule has 72 valence electrons. The number of hydrogen-bond donors (Lipinski definition) is 2. The van der Waals surface area contributed by atoms with E-state index < -0.39 is 5.97 Å². The normalized spacial score (nSPS) is 10.6. The number of rotatable bonds is 1. The van der Waals surface area contributed by atoms with Crippen LogP contribution in [0, 0.1) is 0 Å². The molecule has 0 aliphatic rings. The molecule has 2 heterocycles. The standard InChI is InChI=1S/C8H8N4O2/c1-12-5-3-2-4(8(13)14)10-6(5)7(9)11-12/h2-3H,1H3,(H2,9,11)(H,13,14). The summed E-state index contributed by atoms with van der Waals surface area (Å²) in [6, 6.07) is 3.06. The number of pyridine rings is 1. The molecule has 0 atom stereocenters. The van der Waals surface area contributed by atoms with Crippen molar-refractivity contribution in [3.63, 3.8) is 0 Å². The number of nitrogens with zero attached hydrogens (tertiary/aromatic N) is 3. The number of aryl methyl sites for hydroxylation is 1. The van der Waals surface area contributed by atoms with Crippen LogP contribution in [0.25, 0.3) is 11.0 Å². The molecule has 0 aliphatic heterocycles. The molecule has 14 heavy (non-hydrogen) atoms. The predicted octanol–water partition coefficient (Wildman–Crippen LogP) is 0.249. The summed E-state index contributed by atoms with van der Waals surface area (Å²) in [4.78, 5) is 14.5. The van der Waals surface area contributed by atoms with Crippen LogP contribution < -0.4 is 5.73 Å². The van der Waals surface area contributed by atoms with Gasteiger partial charge in [0, 0.05) is 7.05 Å². The number of nitrogens with two attached hydrogens (primary N) is 1. The Kier molecular flexibility index (Phi) is 1.63. The van der Waals surface area contributed by atoms with Crippen LogP contribution in [-0.2, 0) is 7.05 Å². The summed E-state index contributed by atoms with van der Waals surface area (Å²) in [5.74, 6) is -0.833. The van der Waals surface area contributed by atoms with E-state index in [2.05, 4.69) is 10.1 Å². The third-order valence-electron chi connectivity index (χ3n) is 1.94. The van der Waals surface area contributed by atoms with Crippen molar-refractivity contribution in [1.82, 2.24) is 14.8 Å². The Balaban J connectivity index is 2.77. The topological polar surface area (TPSA) is 94.0 Å². The molecule has 0 radical (unpaired) electrons. The average Bonchev–Trinajstić information content (AvgIpc) is 2.42. The summed E-state index contributed by atoms with van der Waals surface area (Å²) >= 11 is 0. The summed E-state index contributed by atoms with van der Waals surface area (Å²) in [7, 11) is 1.72. The quantitative estimate of drug-likeness (QED) is 0.675. The van der Waals surface area contributed by atoms with Crippen LogP contribution >= 0.6 is 0 Å². The van der Waals surface area contributed by atoms with Crippen LogP contribution in [0.5, 0.6) is 0 Å². The molecule has 6 nitrogen and oxygen atoms in total. The molecule has 0 saturated carbocycles. The minimum atomic E-state index is -1.07. The van der Waals surface area contributed by atoms with E-state index in [0.29, 0.717) is 11.0 Å². The number of carbonyl (C=O) groups is 1. The highest BCUT2D eigenvalue weighted by molar-refractivity contribution is 5.92. The molecule has 0 saturated heterocycles. The van der Waals surface area contributed by atoms with Crippen LogP contribution in [-0.4, -0.2) is 25.8 Å². The maximum absolute atomic E-state index is 10.6. The lowest BCUT2D eigenvalue weighted by atomic mass is 10.3. The highest BCUT2D eigenvalue weighted by Gasteiger charge is 2.10. The van der Waals surface area contributed by atoms with E-state index in [4.69, 9.17) is 10.8 Å². The van der Waals surface area contributed by atoms with E-state index in [1.54, 1.807) is 17.8 Å². The summed E-state index contributed by atoms with van der Waals surface area (Å²) in [5.41, 5.74) is 6.67. The Morgan fingerprint density at radius 1 is 1.57 bits per heavy atom. The van der Waals surface area contributed by atoms with Gasteiger partial charge in [0.2, 0.25) is 0 Å². The monoisotopic (exact) mass is 192 g/mol. The van der Waals surface area contributed by atoms with E-state index in [1.807, 2.05) is 0 Å². The van der Waals surface area contributed by atoms with Gasteiger partial charge in [-0.2, -0.15) is 5.10 Å². The van der Waals surface area contributed by atoms with Crippen LogP contribution in [0.4, 0.5) is 5.82 Å². The van der Waals surface area contributed by atoms with Crippen molar-refractivity contribution in [2.75, 3.05) is 5.73 Å². The number of aromatic carboxylic acids is 1. The average molecular weight is 192 g/mol. The number of anilines is 1. The Labute approximate surface area is 79.0 Å². The number of carboxylic acids is 1. The molecule has 2 rings (SSSR count). The van der Waals surface area contributed by atoms with Crippen LogP contribution in [0.3, 0.4) is 0 Å². The van der Waals surface area contributed by atoms with Gasteiger partial charge in [0.1, 0.15) is 11.2 Å². The minimum absolute atomic E-state index is 0.0304. The van der Waals surface area contributed by atoms with E-state index >= 15 is 0 Å². The van der Waals surface area contributed by atoms with Crippen LogP contribution in [0.2, 0.25) is 0 Å². The predicted molar refractivity (Wildman–Crippen MR) is 49.9 cm³/mol. The first kappa shape index (κ1) is 8.49. The third kappa shape index (κ3) is 1.08. The van der Waals surface area contributed by atoms with Gasteiger partial charge >= 0.3 is 5.97 Å². The zero-order chi connectivity index (χ0) is 10.3. The van der Waals surface area contributed by atoms with Gasteiger partial charge in [-0.3, -0.25) is 4.68 Å². The second-order valence-corrected chi connectivity index (χ2v) is 2.88. The van der Waals surface area contributed by atoms with Gasteiger partial charge in [-0.25, -0.2) is 9.78 Å². The summed E-state index contributed by atoms with van der Waals surface area (Å²) < 4.78 is 1.56. The fraction of sp³-hybridized carbons (Fsp3) is 0.125. The maximum Gasteiger partial charge on any atom is 0.354 e. The molecule has 0 aliphatic carbocycles. The SMILES string of the molecule is Cn1nc(N)c2nc(C(=O)O)ccc21. The van der Waals surface area contributed by atoms with Crippen molar-refractivity contribution in [1.29, 1.82) is 0 Å². The Bertz CT molecular complexity index is 517. The Hall–Kier alpha value is -2.11. The van der Waals surface area contributed by atoms with E-state index in [1.165, 1.54) is 6.07 Å². The lowest BCUT2D eigenvalue weighted by Crippen LogP contribution is -2.00. The van der Waals surface area contributed by atoms with E-state index in [-0.39, 0.29) is 11.5 Å². The summed E-state index contributed by atoms with van der Waals surface area (Å²) in [6.07, 6.45) is 0. The summed E-state index contributed by atoms with van der Waals surface area (Å²) in [5, 5.41) is 12.6. The molecule has 2 aromatic rings. The van der Waals surface area contributed by atoms with Crippen molar-refractivity contribution < 1.29 is 9.90 Å². The summed E-state index contributed by atoms with van der Waals surface area (Å²) in [6.45, 7) is 0. The molecular weight excluding hydrogens is 184 g/mol. The van der Waals surface area contributed by atoms with Crippen molar-refractivity contribution in [3.8, 4) is 0 Å². The minimum Gasteiger partial charge on any atom is -0.477 e. The first-order chi connectivity index (χ1) is 6.59. The third-order valence-corrected chi connectivity index (χ3v) is 1.94. The molecule has 0 amide bonds. The van der Waals surface area contributed by atoms with Gasteiger partial charge in [0.05, 0.1) is 5.52 Å². The molecule has 2 aromatic heterocycles. The Morgan fingerprint density at radius 2 is 2.29 bits per heavy atom. The largest absolute Gasteiger partial charge is 0.477 e. The van der Waals surface area contributed by atoms with Crippen molar-refractivity contribution in [2.24, 2.45) is 7.05 Å². The van der Waals surface area contributed by atoms with Gasteiger partial charge in [-0.15, -0.1) is 0 Å². The zero-order valence-corrected chi connectivity index (χ0v) is 7.43. The molecule has 6 heteroatoms. The fourth-order valence-corrected chi connectivity index (χ4v) is 1.28. The van der Waals surface area contributed by atoms with Gasteiger partial charge in [0.15, 0.2) is 5.82 Å². The Morgan fingerprint density at radius 3 is 2.93 bits per heavy atom. The van der Waals surface area contributed by atoms with Crippen molar-refractivity contribution in [3.05, 3.63) is 17.8 Å². The highest BCUT2D eigenvalue weighted by Crippen LogP contribution is 2.17. The second-order valence-electron chi connectivity index (χ2n) is 2.88. The second kappa shape index (κ2) is 2.69. The maximum atomic E-state index is 10.6. The first-order valence-corrected chi connectivity index (χ1v) is 3.92. The van der Waals surface area contributed by atoms with Crippen LogP contribution in [0.15, 0.2) is 12.1 Å². The lowest BCUT2D eigenvalue weighted by molar-refractivity contribution is 0.0691. The lowest BCUT2D eigenvalue weighted by Gasteiger charge is -1.94. The van der Waals surface area contributed by atoms with Gasteiger partial charge in [-0.05, 0) is 12.1 Å². The smallest absolute Gasteiger partial charge is 0.354 e.